The minimum atomic E-state index is -0.526. The fourth-order valence-corrected chi connectivity index (χ4v) is 3.89. The van der Waals surface area contributed by atoms with E-state index in [1.807, 2.05) is 59.5 Å². The lowest BCUT2D eigenvalue weighted by Crippen LogP contribution is -2.49. The number of aryl methyl sites for hydroxylation is 1. The molecule has 166 valence electrons. The van der Waals surface area contributed by atoms with Gasteiger partial charge in [-0.3, -0.25) is 9.59 Å². The summed E-state index contributed by atoms with van der Waals surface area (Å²) in [6.45, 7) is 7.38. The molecule has 0 saturated carbocycles. The van der Waals surface area contributed by atoms with Crippen molar-refractivity contribution >= 4 is 11.8 Å². The average molecular weight is 423 g/mol. The summed E-state index contributed by atoms with van der Waals surface area (Å²) >= 11 is 0. The van der Waals surface area contributed by atoms with Gasteiger partial charge >= 0.3 is 0 Å². The van der Waals surface area contributed by atoms with Crippen molar-refractivity contribution in [2.24, 2.45) is 0 Å². The Morgan fingerprint density at radius 2 is 1.65 bits per heavy atom. The minimum absolute atomic E-state index is 0.00166. The number of rotatable bonds is 8. The van der Waals surface area contributed by atoms with Crippen molar-refractivity contribution in [3.63, 3.8) is 0 Å². The van der Waals surface area contributed by atoms with Gasteiger partial charge in [-0.25, -0.2) is 0 Å². The van der Waals surface area contributed by atoms with Crippen LogP contribution < -0.4 is 10.1 Å². The van der Waals surface area contributed by atoms with Crippen molar-refractivity contribution < 1.29 is 14.3 Å². The smallest absolute Gasteiger partial charge is 0.263 e. The van der Waals surface area contributed by atoms with Gasteiger partial charge in [0.15, 0.2) is 6.10 Å². The molecule has 0 aliphatic carbocycles. The second-order valence-corrected chi connectivity index (χ2v) is 8.64. The molecule has 31 heavy (non-hydrogen) atoms. The first-order valence-electron chi connectivity index (χ1n) is 11.3. The highest BCUT2D eigenvalue weighted by Crippen LogP contribution is 2.20. The quantitative estimate of drug-likeness (QED) is 0.689. The molecule has 0 spiro atoms. The Hall–Kier alpha value is -2.82. The first kappa shape index (κ1) is 22.9. The maximum absolute atomic E-state index is 12.8. The van der Waals surface area contributed by atoms with Crippen LogP contribution in [0.1, 0.15) is 57.1 Å². The monoisotopic (exact) mass is 422 g/mol. The lowest BCUT2D eigenvalue weighted by Gasteiger charge is -2.34. The number of hydrogen-bond donors (Lipinski definition) is 1. The zero-order valence-electron chi connectivity index (χ0n) is 18.8. The normalized spacial score (nSPS) is 15.5. The maximum Gasteiger partial charge on any atom is 0.263 e. The van der Waals surface area contributed by atoms with Crippen LogP contribution in [0.3, 0.4) is 0 Å². The molecule has 0 radical (unpaired) electrons. The Balaban J connectivity index is 1.40. The molecule has 1 heterocycles. The number of carbonyl (C=O) groups is 2. The van der Waals surface area contributed by atoms with Gasteiger partial charge in [-0.05, 0) is 55.4 Å². The number of nitrogens with zero attached hydrogens (tertiary/aromatic N) is 1. The molecule has 1 N–H and O–H groups in total. The third kappa shape index (κ3) is 6.84. The van der Waals surface area contributed by atoms with Crippen LogP contribution in [0.25, 0.3) is 0 Å². The summed E-state index contributed by atoms with van der Waals surface area (Å²) in [5, 5.41) is 3.12. The van der Waals surface area contributed by atoms with E-state index >= 15 is 0 Å². The number of nitrogens with one attached hydrogen (secondary N) is 1. The summed E-state index contributed by atoms with van der Waals surface area (Å²) in [7, 11) is 0. The summed E-state index contributed by atoms with van der Waals surface area (Å²) in [6, 6.07) is 18.1. The van der Waals surface area contributed by atoms with E-state index < -0.39 is 6.10 Å². The van der Waals surface area contributed by atoms with Gasteiger partial charge in [-0.1, -0.05) is 56.3 Å². The zero-order valence-corrected chi connectivity index (χ0v) is 18.8. The van der Waals surface area contributed by atoms with E-state index in [2.05, 4.69) is 19.2 Å². The molecule has 1 fully saturated rings. The van der Waals surface area contributed by atoms with E-state index in [1.54, 1.807) is 6.92 Å². The summed E-state index contributed by atoms with van der Waals surface area (Å²) < 4.78 is 5.87. The molecule has 2 amide bonds. The van der Waals surface area contributed by atoms with E-state index in [9.17, 15) is 9.59 Å². The molecule has 1 atom stereocenters. The van der Waals surface area contributed by atoms with Gasteiger partial charge in [0, 0.05) is 25.6 Å². The first-order valence-corrected chi connectivity index (χ1v) is 11.3. The number of piperidine rings is 1. The molecule has 5 heteroatoms. The predicted octanol–water partition coefficient (Wildman–Crippen LogP) is 4.32. The number of likely N-dealkylation sites (tertiary alicyclic amines) is 1. The van der Waals surface area contributed by atoms with Crippen molar-refractivity contribution in [2.75, 3.05) is 13.1 Å². The summed E-state index contributed by atoms with van der Waals surface area (Å²) in [4.78, 5) is 26.9. The van der Waals surface area contributed by atoms with E-state index in [-0.39, 0.29) is 17.9 Å². The number of ether oxygens (including phenoxy) is 1. The van der Waals surface area contributed by atoms with Gasteiger partial charge in [-0.15, -0.1) is 0 Å². The van der Waals surface area contributed by atoms with E-state index in [4.69, 9.17) is 4.74 Å². The number of hydrogen-bond acceptors (Lipinski definition) is 3. The van der Waals surface area contributed by atoms with Gasteiger partial charge in [0.25, 0.3) is 5.91 Å². The van der Waals surface area contributed by atoms with Gasteiger partial charge in [0.2, 0.25) is 5.91 Å². The van der Waals surface area contributed by atoms with Crippen molar-refractivity contribution in [1.82, 2.24) is 10.2 Å². The number of carbonyl (C=O) groups excluding carboxylic acids is 2. The fourth-order valence-electron chi connectivity index (χ4n) is 3.89. The molecule has 0 bridgehead atoms. The van der Waals surface area contributed by atoms with Crippen LogP contribution in [0.2, 0.25) is 0 Å². The summed E-state index contributed by atoms with van der Waals surface area (Å²) in [5.74, 6) is 1.26. The predicted molar refractivity (Wildman–Crippen MR) is 123 cm³/mol. The van der Waals surface area contributed by atoms with Gasteiger partial charge < -0.3 is 15.0 Å². The zero-order chi connectivity index (χ0) is 22.2. The van der Waals surface area contributed by atoms with Gasteiger partial charge in [-0.2, -0.15) is 0 Å². The highest BCUT2D eigenvalue weighted by molar-refractivity contribution is 5.81. The molecular weight excluding hydrogens is 388 g/mol. The van der Waals surface area contributed by atoms with Gasteiger partial charge in [0.05, 0.1) is 0 Å². The molecule has 5 nitrogen and oxygen atoms in total. The van der Waals surface area contributed by atoms with Crippen LogP contribution >= 0.6 is 0 Å². The largest absolute Gasteiger partial charge is 0.481 e. The highest BCUT2D eigenvalue weighted by atomic mass is 16.5. The third-order valence-corrected chi connectivity index (χ3v) is 5.86. The maximum atomic E-state index is 12.8. The molecule has 1 saturated heterocycles. The third-order valence-electron chi connectivity index (χ3n) is 5.86. The van der Waals surface area contributed by atoms with E-state index in [0.717, 1.165) is 19.3 Å². The fraction of sp³-hybridized carbons (Fsp3) is 0.462. The van der Waals surface area contributed by atoms with Crippen molar-refractivity contribution in [3.8, 4) is 5.75 Å². The molecule has 2 aromatic rings. The van der Waals surface area contributed by atoms with Crippen molar-refractivity contribution in [1.29, 1.82) is 0 Å². The molecule has 1 unspecified atom stereocenters. The lowest BCUT2D eigenvalue weighted by molar-refractivity contribution is -0.139. The van der Waals surface area contributed by atoms with Crippen LogP contribution in [0, 0.1) is 0 Å². The molecule has 1 aliphatic rings. The van der Waals surface area contributed by atoms with E-state index in [0.29, 0.717) is 31.2 Å². The Labute approximate surface area is 185 Å². The lowest BCUT2D eigenvalue weighted by atomic mass is 10.0. The summed E-state index contributed by atoms with van der Waals surface area (Å²) in [5.41, 5.74) is 2.42. The van der Waals surface area contributed by atoms with Crippen LogP contribution in [-0.4, -0.2) is 41.9 Å². The second-order valence-electron chi connectivity index (χ2n) is 8.64. The van der Waals surface area contributed by atoms with Crippen molar-refractivity contribution in [2.45, 2.75) is 64.5 Å². The van der Waals surface area contributed by atoms with Crippen LogP contribution in [-0.2, 0) is 16.0 Å². The van der Waals surface area contributed by atoms with Crippen molar-refractivity contribution in [3.05, 3.63) is 65.7 Å². The molecule has 0 aromatic heterocycles. The molecule has 3 rings (SSSR count). The highest BCUT2D eigenvalue weighted by Gasteiger charge is 2.27. The number of benzene rings is 2. The Bertz CT molecular complexity index is 841. The molecular formula is C26H34N2O3. The van der Waals surface area contributed by atoms with E-state index in [1.165, 1.54) is 11.1 Å². The van der Waals surface area contributed by atoms with Crippen LogP contribution in [0.5, 0.6) is 5.75 Å². The van der Waals surface area contributed by atoms with Gasteiger partial charge in [0.1, 0.15) is 5.75 Å². The number of amides is 2. The first-order chi connectivity index (χ1) is 14.9. The molecule has 2 aromatic carbocycles. The Morgan fingerprint density at radius 3 is 2.26 bits per heavy atom. The van der Waals surface area contributed by atoms with Crippen LogP contribution in [0.15, 0.2) is 54.6 Å². The Kier molecular flexibility index (Phi) is 8.10. The second kappa shape index (κ2) is 11.0. The Morgan fingerprint density at radius 1 is 1.00 bits per heavy atom. The molecule has 1 aliphatic heterocycles. The standard InChI is InChI=1S/C26H34N2O3/c1-19(2)22-10-12-24(13-11-22)31-20(3)26(30)28-17-15-23(16-18-28)27-25(29)14-9-21-7-5-4-6-8-21/h4-8,10-13,19-20,23H,9,14-18H2,1-3H3,(H,27,29). The van der Waals surface area contributed by atoms with Crippen LogP contribution in [0.4, 0.5) is 0 Å². The minimum Gasteiger partial charge on any atom is -0.481 e. The summed E-state index contributed by atoms with van der Waals surface area (Å²) in [6.07, 6.45) is 2.26. The SMILES string of the molecule is CC(Oc1ccc(C(C)C)cc1)C(=O)N1CCC(NC(=O)CCc2ccccc2)CC1. The average Bonchev–Trinajstić information content (AvgIpc) is 2.79. The topological polar surface area (TPSA) is 58.6 Å².